The van der Waals surface area contributed by atoms with E-state index >= 15 is 0 Å². The standard InChI is InChI=1S/C19H24N2O4S/c22-19(20-12-11-17-4-3-15-25-17)10-7-16-5-8-18(9-6-16)26(23,24)21-13-1-2-14-21/h3-6,8-9,15H,1-2,7,10-14H2,(H,20,22). The van der Waals surface area contributed by atoms with Crippen molar-refractivity contribution in [3.05, 3.63) is 54.0 Å². The summed E-state index contributed by atoms with van der Waals surface area (Å²) >= 11 is 0. The summed E-state index contributed by atoms with van der Waals surface area (Å²) in [5.74, 6) is 0.824. The van der Waals surface area contributed by atoms with E-state index in [0.29, 0.717) is 43.8 Å². The van der Waals surface area contributed by atoms with Crippen molar-refractivity contribution in [2.45, 2.75) is 37.0 Å². The fraction of sp³-hybridized carbons (Fsp3) is 0.421. The van der Waals surface area contributed by atoms with E-state index in [0.717, 1.165) is 24.2 Å². The third-order valence-corrected chi connectivity index (χ3v) is 6.45. The Bertz CT molecular complexity index is 808. The molecule has 140 valence electrons. The van der Waals surface area contributed by atoms with Gasteiger partial charge in [0.2, 0.25) is 15.9 Å². The number of carbonyl (C=O) groups is 1. The van der Waals surface area contributed by atoms with Crippen LogP contribution in [0.1, 0.15) is 30.6 Å². The molecule has 0 radical (unpaired) electrons. The molecule has 3 rings (SSSR count). The van der Waals surface area contributed by atoms with Gasteiger partial charge in [0, 0.05) is 32.5 Å². The Morgan fingerprint density at radius 1 is 1.08 bits per heavy atom. The number of nitrogens with one attached hydrogen (secondary N) is 1. The molecule has 0 aliphatic carbocycles. The molecule has 7 heteroatoms. The molecule has 0 atom stereocenters. The number of aryl methyl sites for hydroxylation is 1. The molecular weight excluding hydrogens is 352 g/mol. The molecule has 1 aliphatic rings. The monoisotopic (exact) mass is 376 g/mol. The molecule has 1 fully saturated rings. The lowest BCUT2D eigenvalue weighted by molar-refractivity contribution is -0.121. The molecular formula is C19H24N2O4S. The number of furan rings is 1. The van der Waals surface area contributed by atoms with E-state index in [-0.39, 0.29) is 5.91 Å². The summed E-state index contributed by atoms with van der Waals surface area (Å²) in [4.78, 5) is 12.2. The molecule has 1 N–H and O–H groups in total. The Hall–Kier alpha value is -2.12. The fourth-order valence-corrected chi connectivity index (χ4v) is 4.55. The van der Waals surface area contributed by atoms with Gasteiger partial charge >= 0.3 is 0 Å². The van der Waals surface area contributed by atoms with Gasteiger partial charge in [-0.1, -0.05) is 12.1 Å². The highest BCUT2D eigenvalue weighted by Crippen LogP contribution is 2.21. The van der Waals surface area contributed by atoms with E-state index < -0.39 is 10.0 Å². The van der Waals surface area contributed by atoms with E-state index in [9.17, 15) is 13.2 Å². The van der Waals surface area contributed by atoms with Crippen LogP contribution in [0, 0.1) is 0 Å². The second-order valence-corrected chi connectivity index (χ2v) is 8.37. The molecule has 1 aromatic carbocycles. The molecule has 0 saturated carbocycles. The van der Waals surface area contributed by atoms with Gasteiger partial charge in [-0.3, -0.25) is 4.79 Å². The lowest BCUT2D eigenvalue weighted by Gasteiger charge is -2.15. The summed E-state index contributed by atoms with van der Waals surface area (Å²) in [6.07, 6.45) is 5.08. The van der Waals surface area contributed by atoms with Crippen LogP contribution in [-0.4, -0.2) is 38.3 Å². The van der Waals surface area contributed by atoms with Crippen LogP contribution in [0.2, 0.25) is 0 Å². The summed E-state index contributed by atoms with van der Waals surface area (Å²) in [6, 6.07) is 10.6. The highest BCUT2D eigenvalue weighted by Gasteiger charge is 2.26. The maximum Gasteiger partial charge on any atom is 0.243 e. The van der Waals surface area contributed by atoms with E-state index in [1.54, 1.807) is 30.5 Å². The van der Waals surface area contributed by atoms with Crippen molar-refractivity contribution in [1.82, 2.24) is 9.62 Å². The van der Waals surface area contributed by atoms with Gasteiger partial charge in [0.1, 0.15) is 5.76 Å². The summed E-state index contributed by atoms with van der Waals surface area (Å²) in [6.45, 7) is 1.74. The summed E-state index contributed by atoms with van der Waals surface area (Å²) in [7, 11) is -3.38. The lowest BCUT2D eigenvalue weighted by Crippen LogP contribution is -2.27. The summed E-state index contributed by atoms with van der Waals surface area (Å²) in [5, 5.41) is 2.86. The van der Waals surface area contributed by atoms with Crippen molar-refractivity contribution in [2.75, 3.05) is 19.6 Å². The van der Waals surface area contributed by atoms with Crippen molar-refractivity contribution in [2.24, 2.45) is 0 Å². The first-order valence-electron chi connectivity index (χ1n) is 8.94. The van der Waals surface area contributed by atoms with Gasteiger partial charge in [0.25, 0.3) is 0 Å². The number of benzene rings is 1. The highest BCUT2D eigenvalue weighted by molar-refractivity contribution is 7.89. The second-order valence-electron chi connectivity index (χ2n) is 6.43. The quantitative estimate of drug-likeness (QED) is 0.767. The summed E-state index contributed by atoms with van der Waals surface area (Å²) < 4.78 is 31.7. The van der Waals surface area contributed by atoms with E-state index in [2.05, 4.69) is 5.32 Å². The SMILES string of the molecule is O=C(CCc1ccc(S(=O)(=O)N2CCCC2)cc1)NCCc1ccco1. The van der Waals surface area contributed by atoms with Crippen molar-refractivity contribution in [1.29, 1.82) is 0 Å². The molecule has 2 aromatic rings. The zero-order valence-electron chi connectivity index (χ0n) is 14.7. The first-order valence-corrected chi connectivity index (χ1v) is 10.4. The maximum atomic E-state index is 12.5. The Balaban J connectivity index is 1.46. The molecule has 0 spiro atoms. The molecule has 6 nitrogen and oxygen atoms in total. The van der Waals surface area contributed by atoms with Crippen LogP contribution in [0.3, 0.4) is 0 Å². The van der Waals surface area contributed by atoms with E-state index in [1.165, 1.54) is 4.31 Å². The Kier molecular flexibility index (Phi) is 6.11. The van der Waals surface area contributed by atoms with Crippen LogP contribution in [0.15, 0.2) is 52.0 Å². The second kappa shape index (κ2) is 8.51. The third-order valence-electron chi connectivity index (χ3n) is 4.54. The molecule has 2 heterocycles. The van der Waals surface area contributed by atoms with Crippen LogP contribution >= 0.6 is 0 Å². The van der Waals surface area contributed by atoms with Gasteiger partial charge in [-0.05, 0) is 49.1 Å². The molecule has 0 unspecified atom stereocenters. The number of carbonyl (C=O) groups excluding carboxylic acids is 1. The van der Waals surface area contributed by atoms with Crippen LogP contribution < -0.4 is 5.32 Å². The number of hydrogen-bond donors (Lipinski definition) is 1. The van der Waals surface area contributed by atoms with E-state index in [1.807, 2.05) is 12.1 Å². The minimum absolute atomic E-state index is 0.0229. The van der Waals surface area contributed by atoms with Crippen molar-refractivity contribution < 1.29 is 17.6 Å². The van der Waals surface area contributed by atoms with Gasteiger partial charge in [0.05, 0.1) is 11.2 Å². The van der Waals surface area contributed by atoms with Gasteiger partial charge < -0.3 is 9.73 Å². The number of nitrogens with zero attached hydrogens (tertiary/aromatic N) is 1. The number of hydrogen-bond acceptors (Lipinski definition) is 4. The number of rotatable bonds is 8. The van der Waals surface area contributed by atoms with Gasteiger partial charge in [-0.15, -0.1) is 0 Å². The highest BCUT2D eigenvalue weighted by atomic mass is 32.2. The minimum atomic E-state index is -3.38. The smallest absolute Gasteiger partial charge is 0.243 e. The Labute approximate surface area is 154 Å². The zero-order valence-corrected chi connectivity index (χ0v) is 15.5. The number of sulfonamides is 1. The minimum Gasteiger partial charge on any atom is -0.469 e. The van der Waals surface area contributed by atoms with Crippen LogP contribution in [0.25, 0.3) is 0 Å². The number of amides is 1. The van der Waals surface area contributed by atoms with E-state index in [4.69, 9.17) is 4.42 Å². The van der Waals surface area contributed by atoms with Crippen LogP contribution in [0.5, 0.6) is 0 Å². The average molecular weight is 376 g/mol. The Morgan fingerprint density at radius 3 is 2.46 bits per heavy atom. The predicted octanol–water partition coefficient (Wildman–Crippen LogP) is 2.36. The third kappa shape index (κ3) is 4.74. The van der Waals surface area contributed by atoms with Crippen LogP contribution in [0.4, 0.5) is 0 Å². The first-order chi connectivity index (χ1) is 12.6. The zero-order chi connectivity index (χ0) is 18.4. The van der Waals surface area contributed by atoms with Crippen molar-refractivity contribution in [3.8, 4) is 0 Å². The molecule has 1 aliphatic heterocycles. The fourth-order valence-electron chi connectivity index (χ4n) is 3.03. The topological polar surface area (TPSA) is 79.6 Å². The Morgan fingerprint density at radius 2 is 1.81 bits per heavy atom. The molecule has 26 heavy (non-hydrogen) atoms. The van der Waals surface area contributed by atoms with Crippen LogP contribution in [-0.2, 0) is 27.7 Å². The van der Waals surface area contributed by atoms with Crippen molar-refractivity contribution >= 4 is 15.9 Å². The van der Waals surface area contributed by atoms with Crippen molar-refractivity contribution in [3.63, 3.8) is 0 Å². The molecule has 1 amide bonds. The predicted molar refractivity (Wildman–Crippen MR) is 98.2 cm³/mol. The van der Waals surface area contributed by atoms with Gasteiger partial charge in [-0.2, -0.15) is 4.31 Å². The maximum absolute atomic E-state index is 12.5. The van der Waals surface area contributed by atoms with Gasteiger partial charge in [-0.25, -0.2) is 8.42 Å². The largest absolute Gasteiger partial charge is 0.469 e. The normalized spacial score (nSPS) is 15.2. The summed E-state index contributed by atoms with van der Waals surface area (Å²) in [5.41, 5.74) is 0.951. The molecule has 1 saturated heterocycles. The molecule has 0 bridgehead atoms. The molecule has 1 aromatic heterocycles. The first kappa shape index (κ1) is 18.7. The van der Waals surface area contributed by atoms with Gasteiger partial charge in [0.15, 0.2) is 0 Å². The average Bonchev–Trinajstić information content (AvgIpc) is 3.34. The lowest BCUT2D eigenvalue weighted by atomic mass is 10.1.